The minimum atomic E-state index is -0.406. The van der Waals surface area contributed by atoms with E-state index in [1.807, 2.05) is 50.6 Å². The zero-order valence-corrected chi connectivity index (χ0v) is 19.0. The van der Waals surface area contributed by atoms with E-state index in [1.165, 1.54) is 24.3 Å². The molecule has 0 fully saturated rings. The van der Waals surface area contributed by atoms with Crippen molar-refractivity contribution in [1.29, 1.82) is 0 Å². The number of guanidine groups is 1. The predicted octanol–water partition coefficient (Wildman–Crippen LogP) is 4.37. The first-order valence-electron chi connectivity index (χ1n) is 10.4. The highest BCUT2D eigenvalue weighted by molar-refractivity contribution is 6.10. The summed E-state index contributed by atoms with van der Waals surface area (Å²) in [5, 5.41) is 10.5. The Hall–Kier alpha value is -3.68. The van der Waals surface area contributed by atoms with Crippen molar-refractivity contribution in [1.82, 2.24) is 15.1 Å². The third-order valence-corrected chi connectivity index (χ3v) is 5.17. The van der Waals surface area contributed by atoms with E-state index in [4.69, 9.17) is 4.74 Å². The van der Waals surface area contributed by atoms with Gasteiger partial charge in [-0.2, -0.15) is 5.10 Å². The molecule has 0 atom stereocenters. The van der Waals surface area contributed by atoms with Crippen LogP contribution in [0.4, 0.5) is 10.1 Å². The molecule has 0 aliphatic carbocycles. The van der Waals surface area contributed by atoms with E-state index < -0.39 is 11.7 Å². The number of anilines is 1. The zero-order chi connectivity index (χ0) is 23.3. The van der Waals surface area contributed by atoms with Crippen LogP contribution in [0.2, 0.25) is 0 Å². The molecule has 0 saturated carbocycles. The van der Waals surface area contributed by atoms with Gasteiger partial charge in [0.1, 0.15) is 11.6 Å². The molecule has 8 heteroatoms. The number of halogens is 1. The van der Waals surface area contributed by atoms with Crippen LogP contribution in [-0.2, 0) is 13.1 Å². The van der Waals surface area contributed by atoms with E-state index in [9.17, 15) is 9.18 Å². The minimum absolute atomic E-state index is 0.256. The smallest absolute Gasteiger partial charge is 0.257 e. The standard InChI is InChI=1S/C24H28FN5O2/c1-6-30-17(4)20(16(3)29-30)14-26-24(27-21-13-15(2)7-12-22(21)32-5)28-23(31)18-8-10-19(25)11-9-18/h7-13H,6,14H2,1-5H3,(H2,26,27,28,31). The van der Waals surface area contributed by atoms with Crippen molar-refractivity contribution in [3.05, 3.63) is 76.4 Å². The summed E-state index contributed by atoms with van der Waals surface area (Å²) in [5.41, 5.74) is 4.94. The maximum atomic E-state index is 13.2. The molecule has 0 radical (unpaired) electrons. The van der Waals surface area contributed by atoms with Gasteiger partial charge in [-0.15, -0.1) is 0 Å². The first-order chi connectivity index (χ1) is 15.3. The molecule has 0 bridgehead atoms. The Morgan fingerprint density at radius 1 is 1.16 bits per heavy atom. The zero-order valence-electron chi connectivity index (χ0n) is 19.0. The Morgan fingerprint density at radius 3 is 2.50 bits per heavy atom. The van der Waals surface area contributed by atoms with Gasteiger partial charge < -0.3 is 10.1 Å². The molecule has 0 aliphatic heterocycles. The number of aryl methyl sites for hydroxylation is 3. The second-order valence-electron chi connectivity index (χ2n) is 7.42. The maximum absolute atomic E-state index is 13.2. The number of nitrogens with one attached hydrogen (secondary N) is 2. The quantitative estimate of drug-likeness (QED) is 0.443. The molecule has 0 spiro atoms. The lowest BCUT2D eigenvalue weighted by Crippen LogP contribution is -2.36. The molecule has 7 nitrogen and oxygen atoms in total. The van der Waals surface area contributed by atoms with Crippen molar-refractivity contribution in [2.24, 2.45) is 4.99 Å². The first-order valence-corrected chi connectivity index (χ1v) is 10.4. The number of aliphatic imine (C=N–C) groups is 1. The molecule has 168 valence electrons. The SMILES string of the molecule is CCn1nc(C)c(CN=C(NC(=O)c2ccc(F)cc2)Nc2cc(C)ccc2OC)c1C. The minimum Gasteiger partial charge on any atom is -0.495 e. The van der Waals surface area contributed by atoms with Crippen molar-refractivity contribution >= 4 is 17.6 Å². The lowest BCUT2D eigenvalue weighted by molar-refractivity contribution is 0.0977. The predicted molar refractivity (Wildman–Crippen MR) is 124 cm³/mol. The molecule has 2 aromatic carbocycles. The van der Waals surface area contributed by atoms with Gasteiger partial charge in [0.05, 0.1) is 25.0 Å². The fraction of sp³-hybridized carbons (Fsp3) is 0.292. The Kier molecular flexibility index (Phi) is 7.25. The lowest BCUT2D eigenvalue weighted by Gasteiger charge is -2.15. The number of benzene rings is 2. The number of carbonyl (C=O) groups excluding carboxylic acids is 1. The van der Waals surface area contributed by atoms with Crippen LogP contribution in [0.3, 0.4) is 0 Å². The molecule has 0 saturated heterocycles. The Balaban J connectivity index is 1.92. The van der Waals surface area contributed by atoms with Crippen LogP contribution in [0, 0.1) is 26.6 Å². The van der Waals surface area contributed by atoms with Crippen molar-refractivity contribution in [3.63, 3.8) is 0 Å². The molecule has 0 aliphatic rings. The molecule has 3 aromatic rings. The van der Waals surface area contributed by atoms with Crippen LogP contribution in [0.1, 0.15) is 39.8 Å². The molecule has 1 aromatic heterocycles. The number of aromatic nitrogens is 2. The van der Waals surface area contributed by atoms with Gasteiger partial charge in [0.25, 0.3) is 5.91 Å². The van der Waals surface area contributed by atoms with E-state index in [0.29, 0.717) is 23.5 Å². The van der Waals surface area contributed by atoms with E-state index in [0.717, 1.165) is 29.1 Å². The highest BCUT2D eigenvalue weighted by Crippen LogP contribution is 2.25. The van der Waals surface area contributed by atoms with Gasteiger partial charge in [0.15, 0.2) is 0 Å². The van der Waals surface area contributed by atoms with Crippen molar-refractivity contribution in [3.8, 4) is 5.75 Å². The van der Waals surface area contributed by atoms with Gasteiger partial charge in [-0.25, -0.2) is 9.38 Å². The second-order valence-corrected chi connectivity index (χ2v) is 7.42. The molecule has 2 N–H and O–H groups in total. The van der Waals surface area contributed by atoms with E-state index >= 15 is 0 Å². The summed E-state index contributed by atoms with van der Waals surface area (Å²) >= 11 is 0. The maximum Gasteiger partial charge on any atom is 0.257 e. The summed E-state index contributed by atoms with van der Waals surface area (Å²) in [5.74, 6) is 0.0642. The summed E-state index contributed by atoms with van der Waals surface area (Å²) in [4.78, 5) is 17.4. The van der Waals surface area contributed by atoms with E-state index in [-0.39, 0.29) is 5.96 Å². The lowest BCUT2D eigenvalue weighted by atomic mass is 10.2. The fourth-order valence-electron chi connectivity index (χ4n) is 3.37. The highest BCUT2D eigenvalue weighted by atomic mass is 19.1. The van der Waals surface area contributed by atoms with Crippen LogP contribution in [0.5, 0.6) is 5.75 Å². The highest BCUT2D eigenvalue weighted by Gasteiger charge is 2.14. The van der Waals surface area contributed by atoms with Crippen LogP contribution in [-0.4, -0.2) is 28.8 Å². The summed E-state index contributed by atoms with van der Waals surface area (Å²) in [6.45, 7) is 9.04. The number of methoxy groups -OCH3 is 1. The molecular weight excluding hydrogens is 409 g/mol. The number of ether oxygens (including phenoxy) is 1. The Labute approximate surface area is 187 Å². The Bertz CT molecular complexity index is 1140. The number of carbonyl (C=O) groups is 1. The Morgan fingerprint density at radius 2 is 1.88 bits per heavy atom. The van der Waals surface area contributed by atoms with Gasteiger partial charge in [-0.1, -0.05) is 6.07 Å². The average Bonchev–Trinajstić information content (AvgIpc) is 3.05. The van der Waals surface area contributed by atoms with Gasteiger partial charge >= 0.3 is 0 Å². The third-order valence-electron chi connectivity index (χ3n) is 5.17. The van der Waals surface area contributed by atoms with Crippen molar-refractivity contribution in [2.75, 3.05) is 12.4 Å². The largest absolute Gasteiger partial charge is 0.495 e. The molecule has 3 rings (SSSR count). The normalized spacial score (nSPS) is 11.4. The van der Waals surface area contributed by atoms with E-state index in [2.05, 4.69) is 20.7 Å². The first kappa shape index (κ1) is 23.0. The van der Waals surface area contributed by atoms with Gasteiger partial charge in [-0.05, 0) is 69.7 Å². The van der Waals surface area contributed by atoms with Gasteiger partial charge in [0, 0.05) is 23.4 Å². The molecular formula is C24H28FN5O2. The summed E-state index contributed by atoms with van der Waals surface area (Å²) in [6.07, 6.45) is 0. The van der Waals surface area contributed by atoms with Crippen LogP contribution in [0.15, 0.2) is 47.5 Å². The van der Waals surface area contributed by atoms with E-state index in [1.54, 1.807) is 7.11 Å². The number of hydrogen-bond acceptors (Lipinski definition) is 4. The summed E-state index contributed by atoms with van der Waals surface area (Å²) in [7, 11) is 1.58. The van der Waals surface area contributed by atoms with Crippen molar-refractivity contribution < 1.29 is 13.9 Å². The van der Waals surface area contributed by atoms with Gasteiger partial charge in [-0.3, -0.25) is 14.8 Å². The second kappa shape index (κ2) is 10.1. The topological polar surface area (TPSA) is 80.5 Å². The number of amides is 1. The summed E-state index contributed by atoms with van der Waals surface area (Å²) in [6, 6.07) is 11.0. The molecule has 1 amide bonds. The van der Waals surface area contributed by atoms with Crippen molar-refractivity contribution in [2.45, 2.75) is 40.8 Å². The van der Waals surface area contributed by atoms with Crippen LogP contribution < -0.4 is 15.4 Å². The fourth-order valence-corrected chi connectivity index (χ4v) is 3.37. The molecule has 0 unspecified atom stereocenters. The number of rotatable bonds is 6. The average molecular weight is 438 g/mol. The summed E-state index contributed by atoms with van der Waals surface area (Å²) < 4.78 is 20.6. The monoisotopic (exact) mass is 437 g/mol. The van der Waals surface area contributed by atoms with Crippen LogP contribution >= 0.6 is 0 Å². The van der Waals surface area contributed by atoms with Gasteiger partial charge in [0.2, 0.25) is 5.96 Å². The molecule has 32 heavy (non-hydrogen) atoms. The molecule has 1 heterocycles. The number of nitrogens with zero attached hydrogens (tertiary/aromatic N) is 3. The van der Waals surface area contributed by atoms with Crippen LogP contribution in [0.25, 0.3) is 0 Å². The third kappa shape index (κ3) is 5.32. The number of hydrogen-bond donors (Lipinski definition) is 2.